The predicted octanol–water partition coefficient (Wildman–Crippen LogP) is 5.62. The van der Waals surface area contributed by atoms with Gasteiger partial charge in [-0.1, -0.05) is 31.9 Å². The molecular weight excluding hydrogens is 477 g/mol. The number of aliphatic hydroxyl groups excluding tert-OH is 1. The number of amides is 1. The summed E-state index contributed by atoms with van der Waals surface area (Å²) in [4.78, 5) is 18.6. The molecule has 1 atom stereocenters. The number of hydrogen-bond donors (Lipinski definition) is 3. The monoisotopic (exact) mass is 515 g/mol. The lowest BCUT2D eigenvalue weighted by atomic mass is 10.1. The number of allylic oxidation sites excluding steroid dienone is 1. The fourth-order valence-corrected chi connectivity index (χ4v) is 5.45. The molecule has 0 aliphatic carbocycles. The van der Waals surface area contributed by atoms with Crippen molar-refractivity contribution in [2.75, 3.05) is 18.9 Å². The molecule has 36 heavy (non-hydrogen) atoms. The number of unbranched alkanes of at least 4 members (excludes halogenated alkanes) is 2. The molecule has 3 N–H and O–H groups in total. The first-order valence-corrected chi connectivity index (χ1v) is 13.2. The van der Waals surface area contributed by atoms with Crippen LogP contribution in [0, 0.1) is 12.7 Å². The van der Waals surface area contributed by atoms with Gasteiger partial charge in [0.1, 0.15) is 17.7 Å². The summed E-state index contributed by atoms with van der Waals surface area (Å²) in [5.74, 6) is -0.557. The van der Waals surface area contributed by atoms with Crippen molar-refractivity contribution in [2.24, 2.45) is 0 Å². The molecule has 1 aliphatic heterocycles. The maximum Gasteiger partial charge on any atom is 0.273 e. The number of likely N-dealkylation sites (N-methyl/N-ethyl adjacent to an activating group) is 1. The maximum absolute atomic E-state index is 13.5. The number of aliphatic hydroxyl groups is 2. The summed E-state index contributed by atoms with van der Waals surface area (Å²) in [5.41, 5.74) is 3.79. The standard InChI is InChI=1S/C28H38FN3O3S/c1-7-8-9-16-32-19(3)24(25(33)30-23-15-12-21(29)17-18(23)2)31(6)26(32)20-10-13-22(14-11-20)36-28(4,5)27(34)35/h10-15,17,26-27,34-35H,7-9,16H2,1-6H3,(H,30,33). The van der Waals surface area contributed by atoms with Crippen LogP contribution in [-0.4, -0.2) is 50.5 Å². The summed E-state index contributed by atoms with van der Waals surface area (Å²) in [5, 5.41) is 22.3. The molecule has 0 saturated heterocycles. The van der Waals surface area contributed by atoms with Crippen LogP contribution in [0.1, 0.15) is 64.3 Å². The maximum atomic E-state index is 13.5. The highest BCUT2D eigenvalue weighted by Gasteiger charge is 2.38. The normalized spacial score (nSPS) is 16.3. The Kier molecular flexibility index (Phi) is 9.08. The first kappa shape index (κ1) is 28.0. The Bertz CT molecular complexity index is 1100. The number of aryl methyl sites for hydroxylation is 1. The van der Waals surface area contributed by atoms with Crippen LogP contribution in [-0.2, 0) is 4.79 Å². The fourth-order valence-electron chi connectivity index (χ4n) is 4.47. The highest BCUT2D eigenvalue weighted by atomic mass is 32.2. The largest absolute Gasteiger partial charge is 0.367 e. The molecule has 2 aromatic carbocycles. The molecule has 196 valence electrons. The highest BCUT2D eigenvalue weighted by molar-refractivity contribution is 8.00. The molecule has 0 bridgehead atoms. The van der Waals surface area contributed by atoms with Crippen LogP contribution >= 0.6 is 11.8 Å². The van der Waals surface area contributed by atoms with Gasteiger partial charge in [0.15, 0.2) is 6.29 Å². The molecule has 1 amide bonds. The predicted molar refractivity (Wildman–Crippen MR) is 144 cm³/mol. The van der Waals surface area contributed by atoms with E-state index in [1.54, 1.807) is 26.8 Å². The van der Waals surface area contributed by atoms with Crippen molar-refractivity contribution in [1.82, 2.24) is 9.80 Å². The van der Waals surface area contributed by atoms with Crippen LogP contribution < -0.4 is 5.32 Å². The van der Waals surface area contributed by atoms with Crippen molar-refractivity contribution in [3.05, 3.63) is 70.8 Å². The van der Waals surface area contributed by atoms with Crippen molar-refractivity contribution in [2.45, 2.75) is 76.0 Å². The zero-order valence-electron chi connectivity index (χ0n) is 22.0. The lowest BCUT2D eigenvalue weighted by molar-refractivity contribution is -0.114. The number of halogens is 1. The van der Waals surface area contributed by atoms with Gasteiger partial charge in [0.25, 0.3) is 5.91 Å². The minimum Gasteiger partial charge on any atom is -0.367 e. The summed E-state index contributed by atoms with van der Waals surface area (Å²) in [6.45, 7) is 10.3. The molecule has 0 spiro atoms. The second-order valence-electron chi connectivity index (χ2n) is 9.88. The van der Waals surface area contributed by atoms with Gasteiger partial charge in [-0.2, -0.15) is 0 Å². The van der Waals surface area contributed by atoms with Crippen LogP contribution in [0.2, 0.25) is 0 Å². The van der Waals surface area contributed by atoms with E-state index in [1.165, 1.54) is 23.9 Å². The summed E-state index contributed by atoms with van der Waals surface area (Å²) in [7, 11) is 1.92. The van der Waals surface area contributed by atoms with Crippen molar-refractivity contribution >= 4 is 23.4 Å². The Labute approximate surface area is 218 Å². The molecule has 0 fully saturated rings. The van der Waals surface area contributed by atoms with Crippen molar-refractivity contribution in [3.63, 3.8) is 0 Å². The van der Waals surface area contributed by atoms with Gasteiger partial charge < -0.3 is 25.3 Å². The summed E-state index contributed by atoms with van der Waals surface area (Å²) in [6.07, 6.45) is 1.64. The number of rotatable bonds is 10. The van der Waals surface area contributed by atoms with E-state index in [-0.39, 0.29) is 17.9 Å². The molecule has 0 saturated carbocycles. The number of anilines is 1. The van der Waals surface area contributed by atoms with Gasteiger partial charge in [0, 0.05) is 29.9 Å². The number of nitrogens with one attached hydrogen (secondary N) is 1. The number of benzene rings is 2. The van der Waals surface area contributed by atoms with Gasteiger partial charge >= 0.3 is 0 Å². The number of thioether (sulfide) groups is 1. The van der Waals surface area contributed by atoms with E-state index in [9.17, 15) is 19.4 Å². The molecule has 0 radical (unpaired) electrons. The van der Waals surface area contributed by atoms with Gasteiger partial charge in [-0.15, -0.1) is 11.8 Å². The van der Waals surface area contributed by atoms with E-state index in [0.29, 0.717) is 16.9 Å². The Morgan fingerprint density at radius 1 is 1.14 bits per heavy atom. The lowest BCUT2D eigenvalue weighted by Crippen LogP contribution is -2.33. The Morgan fingerprint density at radius 3 is 2.39 bits per heavy atom. The lowest BCUT2D eigenvalue weighted by Gasteiger charge is -2.33. The third-order valence-corrected chi connectivity index (χ3v) is 7.87. The van der Waals surface area contributed by atoms with Crippen LogP contribution in [0.15, 0.2) is 58.8 Å². The van der Waals surface area contributed by atoms with Crippen LogP contribution in [0.5, 0.6) is 0 Å². The van der Waals surface area contributed by atoms with E-state index in [1.807, 2.05) is 43.1 Å². The second kappa shape index (κ2) is 11.7. The zero-order chi connectivity index (χ0) is 26.6. The Balaban J connectivity index is 1.88. The van der Waals surface area contributed by atoms with Gasteiger partial charge in [-0.05, 0) is 75.6 Å². The van der Waals surface area contributed by atoms with Crippen LogP contribution in [0.4, 0.5) is 10.1 Å². The SMILES string of the molecule is CCCCCN1C(C)=C(C(=O)Nc2ccc(F)cc2C)N(C)C1c1ccc(SC(C)(C)C(O)O)cc1. The summed E-state index contributed by atoms with van der Waals surface area (Å²) in [6, 6.07) is 12.4. The van der Waals surface area contributed by atoms with Gasteiger partial charge in [-0.25, -0.2) is 4.39 Å². The second-order valence-corrected chi connectivity index (χ2v) is 11.6. The summed E-state index contributed by atoms with van der Waals surface area (Å²) >= 11 is 1.40. The fraction of sp³-hybridized carbons (Fsp3) is 0.464. The van der Waals surface area contributed by atoms with E-state index >= 15 is 0 Å². The molecule has 8 heteroatoms. The first-order valence-electron chi connectivity index (χ1n) is 12.4. The van der Waals surface area contributed by atoms with E-state index < -0.39 is 11.0 Å². The quantitative estimate of drug-likeness (QED) is 0.217. The van der Waals surface area contributed by atoms with Crippen molar-refractivity contribution in [1.29, 1.82) is 0 Å². The number of nitrogens with zero attached hydrogens (tertiary/aromatic N) is 2. The molecule has 3 rings (SSSR count). The third kappa shape index (κ3) is 6.22. The number of carbonyl (C=O) groups is 1. The molecule has 6 nitrogen and oxygen atoms in total. The minimum atomic E-state index is -1.44. The molecule has 2 aromatic rings. The third-order valence-electron chi connectivity index (χ3n) is 6.62. The smallest absolute Gasteiger partial charge is 0.273 e. The number of carbonyl (C=O) groups excluding carboxylic acids is 1. The molecule has 0 aromatic heterocycles. The average Bonchev–Trinajstić information content (AvgIpc) is 3.05. The van der Waals surface area contributed by atoms with E-state index in [4.69, 9.17) is 0 Å². The van der Waals surface area contributed by atoms with Crippen molar-refractivity contribution < 1.29 is 19.4 Å². The first-order chi connectivity index (χ1) is 17.0. The molecular formula is C28H38FN3O3S. The Hall–Kier alpha value is -2.55. The van der Waals surface area contributed by atoms with Gasteiger partial charge in [0.2, 0.25) is 0 Å². The Morgan fingerprint density at radius 2 is 1.81 bits per heavy atom. The van der Waals surface area contributed by atoms with Gasteiger partial charge in [-0.3, -0.25) is 4.79 Å². The van der Waals surface area contributed by atoms with Crippen LogP contribution in [0.25, 0.3) is 0 Å². The molecule has 1 aliphatic rings. The van der Waals surface area contributed by atoms with E-state index in [2.05, 4.69) is 17.1 Å². The van der Waals surface area contributed by atoms with E-state index in [0.717, 1.165) is 42.0 Å². The minimum absolute atomic E-state index is 0.146. The molecule has 1 unspecified atom stereocenters. The summed E-state index contributed by atoms with van der Waals surface area (Å²) < 4.78 is 12.8. The highest BCUT2D eigenvalue weighted by Crippen LogP contribution is 2.40. The molecule has 1 heterocycles. The van der Waals surface area contributed by atoms with Crippen molar-refractivity contribution in [3.8, 4) is 0 Å². The topological polar surface area (TPSA) is 76.0 Å². The average molecular weight is 516 g/mol. The van der Waals surface area contributed by atoms with Crippen LogP contribution in [0.3, 0.4) is 0 Å². The number of hydrogen-bond acceptors (Lipinski definition) is 6. The zero-order valence-corrected chi connectivity index (χ0v) is 22.8. The van der Waals surface area contributed by atoms with Gasteiger partial charge in [0.05, 0.1) is 4.75 Å².